The van der Waals surface area contributed by atoms with Gasteiger partial charge in [0.1, 0.15) is 5.54 Å². The van der Waals surface area contributed by atoms with Gasteiger partial charge < -0.3 is 15.5 Å². The van der Waals surface area contributed by atoms with Gasteiger partial charge in [-0.1, -0.05) is 88.7 Å². The maximum absolute atomic E-state index is 13.4. The summed E-state index contributed by atoms with van der Waals surface area (Å²) in [4.78, 5) is 42.6. The zero-order chi connectivity index (χ0) is 27.2. The van der Waals surface area contributed by atoms with E-state index in [1.54, 1.807) is 0 Å². The number of benzene rings is 3. The molecule has 1 spiro atoms. The predicted octanol–water partition coefficient (Wildman–Crippen LogP) is 4.83. The summed E-state index contributed by atoms with van der Waals surface area (Å²) in [6.07, 6.45) is 2.25. The van der Waals surface area contributed by atoms with Crippen molar-refractivity contribution in [1.82, 2.24) is 20.4 Å². The summed E-state index contributed by atoms with van der Waals surface area (Å²) in [5, 5.41) is 6.23. The Bertz CT molecular complexity index is 1290. The number of rotatable bonds is 9. The smallest absolute Gasteiger partial charge is 0.325 e. The average molecular weight is 590 g/mol. The van der Waals surface area contributed by atoms with Gasteiger partial charge in [0.2, 0.25) is 5.91 Å². The minimum Gasteiger partial charge on any atom is -0.349 e. The zero-order valence-electron chi connectivity index (χ0n) is 21.8. The zero-order valence-corrected chi connectivity index (χ0v) is 23.4. The van der Waals surface area contributed by atoms with E-state index in [9.17, 15) is 14.4 Å². The molecule has 202 valence electrons. The van der Waals surface area contributed by atoms with Crippen LogP contribution in [0.15, 0.2) is 89.4 Å². The molecule has 1 atom stereocenters. The van der Waals surface area contributed by atoms with Crippen molar-refractivity contribution in [2.24, 2.45) is 0 Å². The number of amides is 4. The second-order valence-electron chi connectivity index (χ2n) is 10.4. The summed E-state index contributed by atoms with van der Waals surface area (Å²) < 4.78 is 0.956. The maximum Gasteiger partial charge on any atom is 0.325 e. The van der Waals surface area contributed by atoms with Gasteiger partial charge in [0.05, 0.1) is 19.0 Å². The second-order valence-corrected chi connectivity index (χ2v) is 11.3. The van der Waals surface area contributed by atoms with Gasteiger partial charge in [0.25, 0.3) is 5.91 Å². The summed E-state index contributed by atoms with van der Waals surface area (Å²) in [5.74, 6) is -0.136. The number of likely N-dealkylation sites (tertiary alicyclic amines) is 1. The molecule has 5 rings (SSSR count). The van der Waals surface area contributed by atoms with E-state index in [-0.39, 0.29) is 30.4 Å². The van der Waals surface area contributed by atoms with E-state index in [0.29, 0.717) is 32.4 Å². The standard InChI is InChI=1S/C31H33BrN4O3/c32-26-13-11-24(12-14-26)22-36-29(38)31(34-30(36)39)16-19-35(20-17-31)18-15-27(25-9-5-2-6-10-25)33-28(37)21-23-7-3-1-4-8-23/h1-14,27H,15-22H2,(H,33,37)(H,34,39)/t27-/m0/s1. The van der Waals surface area contributed by atoms with Gasteiger partial charge in [0.15, 0.2) is 0 Å². The van der Waals surface area contributed by atoms with Gasteiger partial charge in [-0.05, 0) is 48.1 Å². The van der Waals surface area contributed by atoms with Gasteiger partial charge in [0, 0.05) is 24.1 Å². The van der Waals surface area contributed by atoms with Gasteiger partial charge in [-0.25, -0.2) is 4.79 Å². The maximum atomic E-state index is 13.4. The van der Waals surface area contributed by atoms with Gasteiger partial charge in [-0.2, -0.15) is 0 Å². The minimum atomic E-state index is -0.828. The largest absolute Gasteiger partial charge is 0.349 e. The van der Waals surface area contributed by atoms with Crippen molar-refractivity contribution in [3.8, 4) is 0 Å². The topological polar surface area (TPSA) is 81.8 Å². The van der Waals surface area contributed by atoms with Crippen LogP contribution >= 0.6 is 15.9 Å². The highest BCUT2D eigenvalue weighted by Crippen LogP contribution is 2.31. The van der Waals surface area contributed by atoms with Crippen molar-refractivity contribution in [3.05, 3.63) is 106 Å². The summed E-state index contributed by atoms with van der Waals surface area (Å²) in [6.45, 7) is 2.46. The molecule has 2 aliphatic heterocycles. The highest BCUT2D eigenvalue weighted by Gasteiger charge is 2.52. The Balaban J connectivity index is 1.17. The summed E-state index contributed by atoms with van der Waals surface area (Å²) >= 11 is 3.42. The number of carbonyl (C=O) groups is 3. The average Bonchev–Trinajstić information content (AvgIpc) is 3.18. The van der Waals surface area contributed by atoms with E-state index >= 15 is 0 Å². The van der Waals surface area contributed by atoms with Gasteiger partial charge in [-0.15, -0.1) is 0 Å². The molecule has 4 amide bonds. The van der Waals surface area contributed by atoms with Crippen LogP contribution in [-0.2, 0) is 22.6 Å². The lowest BCUT2D eigenvalue weighted by Gasteiger charge is -2.37. The van der Waals surface area contributed by atoms with Crippen molar-refractivity contribution in [2.75, 3.05) is 19.6 Å². The molecular weight excluding hydrogens is 556 g/mol. The number of carbonyl (C=O) groups excluding carboxylic acids is 3. The van der Waals surface area contributed by atoms with Crippen molar-refractivity contribution in [3.63, 3.8) is 0 Å². The van der Waals surface area contributed by atoms with Crippen LogP contribution in [0.1, 0.15) is 42.0 Å². The van der Waals surface area contributed by atoms with Crippen LogP contribution in [0.25, 0.3) is 0 Å². The molecule has 2 aliphatic rings. The molecule has 0 bridgehead atoms. The minimum absolute atomic E-state index is 0.00206. The molecule has 39 heavy (non-hydrogen) atoms. The molecule has 0 unspecified atom stereocenters. The fourth-order valence-corrected chi connectivity index (χ4v) is 5.70. The molecule has 2 fully saturated rings. The number of hydrogen-bond acceptors (Lipinski definition) is 4. The van der Waals surface area contributed by atoms with E-state index in [1.807, 2.05) is 84.9 Å². The Hall–Kier alpha value is -3.49. The summed E-state index contributed by atoms with van der Waals surface area (Å²) in [7, 11) is 0. The molecule has 2 N–H and O–H groups in total. The Morgan fingerprint density at radius 1 is 0.897 bits per heavy atom. The lowest BCUT2D eigenvalue weighted by atomic mass is 9.87. The fourth-order valence-electron chi connectivity index (χ4n) is 5.44. The van der Waals surface area contributed by atoms with Gasteiger partial charge >= 0.3 is 6.03 Å². The number of hydrogen-bond donors (Lipinski definition) is 2. The summed E-state index contributed by atoms with van der Waals surface area (Å²) in [6, 6.07) is 27.0. The third kappa shape index (κ3) is 6.57. The highest BCUT2D eigenvalue weighted by atomic mass is 79.9. The number of piperidine rings is 1. The molecule has 0 aliphatic carbocycles. The van der Waals surface area contributed by atoms with Crippen LogP contribution in [-0.4, -0.2) is 52.8 Å². The van der Waals surface area contributed by atoms with E-state index in [0.717, 1.165) is 34.1 Å². The predicted molar refractivity (Wildman–Crippen MR) is 154 cm³/mol. The Morgan fingerprint density at radius 2 is 1.54 bits per heavy atom. The second kappa shape index (κ2) is 12.1. The van der Waals surface area contributed by atoms with Crippen molar-refractivity contribution in [1.29, 1.82) is 0 Å². The molecule has 7 nitrogen and oxygen atoms in total. The summed E-state index contributed by atoms with van der Waals surface area (Å²) in [5.41, 5.74) is 2.15. The van der Waals surface area contributed by atoms with Crippen LogP contribution in [0.2, 0.25) is 0 Å². The molecular formula is C31H33BrN4O3. The molecule has 3 aromatic rings. The first-order valence-corrected chi connectivity index (χ1v) is 14.2. The lowest BCUT2D eigenvalue weighted by Crippen LogP contribution is -2.55. The third-order valence-corrected chi connectivity index (χ3v) is 8.22. The first kappa shape index (κ1) is 27.1. The first-order chi connectivity index (χ1) is 18.9. The lowest BCUT2D eigenvalue weighted by molar-refractivity contribution is -0.133. The SMILES string of the molecule is O=C(Cc1ccccc1)N[C@@H](CCN1CCC2(CC1)NC(=O)N(Cc1ccc(Br)cc1)C2=O)c1ccccc1. The van der Waals surface area contributed by atoms with Gasteiger partial charge in [-0.3, -0.25) is 14.5 Å². The van der Waals surface area contributed by atoms with E-state index in [2.05, 4.69) is 31.5 Å². The van der Waals surface area contributed by atoms with Crippen molar-refractivity contribution >= 4 is 33.8 Å². The number of imide groups is 1. The van der Waals surface area contributed by atoms with E-state index in [1.165, 1.54) is 4.90 Å². The number of nitrogens with zero attached hydrogens (tertiary/aromatic N) is 2. The number of halogens is 1. The highest BCUT2D eigenvalue weighted by molar-refractivity contribution is 9.10. The number of urea groups is 1. The van der Waals surface area contributed by atoms with Crippen LogP contribution < -0.4 is 10.6 Å². The third-order valence-electron chi connectivity index (χ3n) is 7.69. The molecule has 2 saturated heterocycles. The molecule has 3 aromatic carbocycles. The first-order valence-electron chi connectivity index (χ1n) is 13.4. The molecule has 2 heterocycles. The quantitative estimate of drug-likeness (QED) is 0.351. The molecule has 0 saturated carbocycles. The molecule has 0 aromatic heterocycles. The fraction of sp³-hybridized carbons (Fsp3) is 0.323. The normalized spacial score (nSPS) is 17.7. The van der Waals surface area contributed by atoms with Crippen molar-refractivity contribution < 1.29 is 14.4 Å². The monoisotopic (exact) mass is 588 g/mol. The molecule has 8 heteroatoms. The van der Waals surface area contributed by atoms with Crippen LogP contribution in [0.5, 0.6) is 0 Å². The van der Waals surface area contributed by atoms with E-state index in [4.69, 9.17) is 0 Å². The molecule has 0 radical (unpaired) electrons. The van der Waals surface area contributed by atoms with Crippen LogP contribution in [0.4, 0.5) is 4.79 Å². The van der Waals surface area contributed by atoms with Crippen molar-refractivity contribution in [2.45, 2.75) is 43.8 Å². The Labute approximate surface area is 237 Å². The van der Waals surface area contributed by atoms with Crippen LogP contribution in [0, 0.1) is 0 Å². The van der Waals surface area contributed by atoms with Crippen LogP contribution in [0.3, 0.4) is 0 Å². The van der Waals surface area contributed by atoms with E-state index < -0.39 is 5.54 Å². The number of nitrogens with one attached hydrogen (secondary N) is 2. The Kier molecular flexibility index (Phi) is 8.43. The Morgan fingerprint density at radius 3 is 2.21 bits per heavy atom.